The second-order valence-electron chi connectivity index (χ2n) is 7.71. The first-order chi connectivity index (χ1) is 17.3. The van der Waals surface area contributed by atoms with Crippen molar-refractivity contribution in [2.24, 2.45) is 4.99 Å². The third-order valence-corrected chi connectivity index (χ3v) is 6.24. The van der Waals surface area contributed by atoms with E-state index in [1.165, 1.54) is 23.5 Å². The second-order valence-corrected chi connectivity index (χ2v) is 9.04. The van der Waals surface area contributed by atoms with Gasteiger partial charge in [0.2, 0.25) is 0 Å². The number of benzene rings is 1. The van der Waals surface area contributed by atoms with Crippen LogP contribution in [0.25, 0.3) is 0 Å². The molecular weight excluding hydrogens is 514 g/mol. The van der Waals surface area contributed by atoms with Gasteiger partial charge < -0.3 is 15.2 Å². The van der Waals surface area contributed by atoms with Gasteiger partial charge >= 0.3 is 5.97 Å². The highest BCUT2D eigenvalue weighted by molar-refractivity contribution is 7.11. The number of amidine groups is 1. The van der Waals surface area contributed by atoms with Gasteiger partial charge in [0.15, 0.2) is 10.8 Å². The molecule has 2 aliphatic heterocycles. The van der Waals surface area contributed by atoms with Gasteiger partial charge in [-0.15, -0.1) is 11.3 Å². The first kappa shape index (κ1) is 29.5. The maximum Gasteiger partial charge on any atom is 0.303 e. The van der Waals surface area contributed by atoms with Crippen molar-refractivity contribution in [1.82, 2.24) is 15.2 Å². The molecule has 4 rings (SSSR count). The molecular formula is C24H29ClF2N4O4S. The lowest BCUT2D eigenvalue weighted by molar-refractivity contribution is -0.138. The van der Waals surface area contributed by atoms with E-state index in [0.717, 1.165) is 17.9 Å². The number of aromatic nitrogens is 1. The molecule has 196 valence electrons. The molecule has 0 spiro atoms. The molecule has 0 radical (unpaired) electrons. The van der Waals surface area contributed by atoms with Crippen molar-refractivity contribution in [3.05, 3.63) is 63.0 Å². The Bertz CT molecular complexity index is 1030. The van der Waals surface area contributed by atoms with Gasteiger partial charge in [0.05, 0.1) is 6.54 Å². The molecule has 1 saturated heterocycles. The van der Waals surface area contributed by atoms with E-state index in [0.29, 0.717) is 28.7 Å². The highest BCUT2D eigenvalue weighted by Gasteiger charge is 2.39. The van der Waals surface area contributed by atoms with E-state index in [1.54, 1.807) is 25.4 Å². The number of thiazole rings is 1. The number of methoxy groups -OCH3 is 1. The van der Waals surface area contributed by atoms with Crippen LogP contribution in [0.3, 0.4) is 0 Å². The number of carbonyl (C=O) groups is 2. The number of carbonyl (C=O) groups excluding carboxylic acids is 1. The van der Waals surface area contributed by atoms with Gasteiger partial charge in [-0.05, 0) is 31.5 Å². The minimum atomic E-state index is -1.03. The Balaban J connectivity index is 0.000000314. The summed E-state index contributed by atoms with van der Waals surface area (Å²) >= 11 is 6.84. The molecule has 0 bridgehead atoms. The molecule has 36 heavy (non-hydrogen) atoms. The van der Waals surface area contributed by atoms with Crippen molar-refractivity contribution in [2.45, 2.75) is 32.0 Å². The second kappa shape index (κ2) is 15.4. The molecule has 0 amide bonds. The molecule has 2 N–H and O–H groups in total. The summed E-state index contributed by atoms with van der Waals surface area (Å²) < 4.78 is 30.4. The molecule has 2 aliphatic rings. The number of carboxylic acid groups (broad SMARTS) is 1. The van der Waals surface area contributed by atoms with E-state index >= 15 is 0 Å². The van der Waals surface area contributed by atoms with Crippen LogP contribution in [0.15, 0.2) is 52.1 Å². The zero-order valence-corrected chi connectivity index (χ0v) is 21.6. The number of nitrogens with zero attached hydrogens (tertiary/aromatic N) is 3. The van der Waals surface area contributed by atoms with E-state index in [1.807, 2.05) is 17.2 Å². The molecule has 0 aliphatic carbocycles. The fourth-order valence-corrected chi connectivity index (χ4v) is 4.06. The minimum absolute atomic E-state index is 0.0690. The average Bonchev–Trinajstić information content (AvgIpc) is 3.39. The summed E-state index contributed by atoms with van der Waals surface area (Å²) in [6, 6.07) is 5.39. The summed E-state index contributed by atoms with van der Waals surface area (Å²) in [6.45, 7) is 3.64. The standard InChI is InChI=1S/C15H17FN4O3S.C6H4ClF.C3H8O/c16-10-6-20(12(10)1-2-13(22)23)7-11-9(8-21)5-18-14(19-11)15-17-3-4-24-15;7-5-2-1-3-6(8)4-5;1-3-4-2/h3-4,8,10,12H,1-2,5-7H2,(H,18,19)(H,22,23);1-4H;3H2,1-2H3. The summed E-state index contributed by atoms with van der Waals surface area (Å²) in [7, 11) is 1.68. The Kier molecular flexibility index (Phi) is 12.6. The molecule has 1 aromatic heterocycles. The Labute approximate surface area is 217 Å². The zero-order chi connectivity index (χ0) is 26.5. The van der Waals surface area contributed by atoms with E-state index < -0.39 is 18.2 Å². The maximum atomic E-state index is 13.7. The van der Waals surface area contributed by atoms with Crippen molar-refractivity contribution >= 4 is 41.0 Å². The van der Waals surface area contributed by atoms with E-state index in [9.17, 15) is 18.4 Å². The summed E-state index contributed by atoms with van der Waals surface area (Å²) in [5, 5.41) is 14.9. The van der Waals surface area contributed by atoms with Crippen molar-refractivity contribution in [3.63, 3.8) is 0 Å². The fraction of sp³-hybridized carbons (Fsp3) is 0.417. The van der Waals surface area contributed by atoms with Gasteiger partial charge in [0, 0.05) is 67.1 Å². The monoisotopic (exact) mass is 542 g/mol. The van der Waals surface area contributed by atoms with E-state index in [2.05, 4.69) is 20.0 Å². The number of likely N-dealkylation sites (tertiary alicyclic amines) is 1. The molecule has 3 heterocycles. The molecule has 8 nitrogen and oxygen atoms in total. The molecule has 2 atom stereocenters. The number of aliphatic carboxylic acids is 1. The predicted octanol–water partition coefficient (Wildman–Crippen LogP) is 3.96. The number of aldehydes is 1. The van der Waals surface area contributed by atoms with Gasteiger partial charge in [0.25, 0.3) is 0 Å². The van der Waals surface area contributed by atoms with Crippen LogP contribution in [-0.2, 0) is 14.3 Å². The molecule has 1 aromatic carbocycles. The molecule has 1 fully saturated rings. The minimum Gasteiger partial charge on any atom is -0.481 e. The van der Waals surface area contributed by atoms with Crippen LogP contribution in [0.5, 0.6) is 0 Å². The van der Waals surface area contributed by atoms with Crippen LogP contribution >= 0.6 is 22.9 Å². The van der Waals surface area contributed by atoms with E-state index in [4.69, 9.17) is 16.7 Å². The lowest BCUT2D eigenvalue weighted by atomic mass is 9.95. The molecule has 0 saturated carbocycles. The zero-order valence-electron chi connectivity index (χ0n) is 20.0. The fourth-order valence-electron chi connectivity index (χ4n) is 3.28. The maximum absolute atomic E-state index is 13.7. The number of alkyl halides is 1. The van der Waals surface area contributed by atoms with Gasteiger partial charge in [-0.1, -0.05) is 17.7 Å². The SMILES string of the molecule is CCOC.Fc1cccc(Cl)c1.O=CC1=C(CN2CC(F)C2CCC(=O)O)NC(c2nccs2)=NC1. The largest absolute Gasteiger partial charge is 0.481 e. The van der Waals surface area contributed by atoms with Crippen LogP contribution in [0.1, 0.15) is 24.8 Å². The number of halogens is 3. The topological polar surface area (TPSA) is 104 Å². The highest BCUT2D eigenvalue weighted by atomic mass is 35.5. The molecule has 2 aromatic rings. The Morgan fingerprint density at radius 1 is 1.44 bits per heavy atom. The smallest absolute Gasteiger partial charge is 0.303 e. The third kappa shape index (κ3) is 9.38. The summed E-state index contributed by atoms with van der Waals surface area (Å²) in [5.74, 6) is -0.627. The predicted molar refractivity (Wildman–Crippen MR) is 136 cm³/mol. The molecule has 12 heteroatoms. The normalized spacial score (nSPS) is 19.0. The van der Waals surface area contributed by atoms with Gasteiger partial charge in [0.1, 0.15) is 18.3 Å². The van der Waals surface area contributed by atoms with Crippen molar-refractivity contribution in [1.29, 1.82) is 0 Å². The summed E-state index contributed by atoms with van der Waals surface area (Å²) in [4.78, 5) is 32.3. The van der Waals surface area contributed by atoms with Crippen LogP contribution < -0.4 is 5.32 Å². The lowest BCUT2D eigenvalue weighted by Crippen LogP contribution is -2.59. The number of nitrogens with one attached hydrogen (secondary N) is 1. The van der Waals surface area contributed by atoms with Crippen LogP contribution in [-0.4, -0.2) is 78.6 Å². The van der Waals surface area contributed by atoms with E-state index in [-0.39, 0.29) is 31.7 Å². The lowest BCUT2D eigenvalue weighted by Gasteiger charge is -2.44. The van der Waals surface area contributed by atoms with Crippen LogP contribution in [0, 0.1) is 5.82 Å². The number of hydrogen-bond acceptors (Lipinski definition) is 8. The number of hydrogen-bond donors (Lipinski definition) is 2. The van der Waals surface area contributed by atoms with Gasteiger partial charge in [-0.3, -0.25) is 19.5 Å². The van der Waals surface area contributed by atoms with Crippen molar-refractivity contribution < 1.29 is 28.2 Å². The number of ether oxygens (including phenoxy) is 1. The first-order valence-corrected chi connectivity index (χ1v) is 12.4. The third-order valence-electron chi connectivity index (χ3n) is 5.23. The Hall–Kier alpha value is -2.73. The van der Waals surface area contributed by atoms with Gasteiger partial charge in [-0.2, -0.15) is 0 Å². The summed E-state index contributed by atoms with van der Waals surface area (Å²) in [6.07, 6.45) is 1.59. The number of carboxylic acids is 1. The Morgan fingerprint density at radius 2 is 2.19 bits per heavy atom. The average molecular weight is 543 g/mol. The Morgan fingerprint density at radius 3 is 2.69 bits per heavy atom. The van der Waals surface area contributed by atoms with Crippen molar-refractivity contribution in [3.8, 4) is 0 Å². The number of aliphatic imine (C=N–C) groups is 1. The first-order valence-electron chi connectivity index (χ1n) is 11.2. The van der Waals surface area contributed by atoms with Gasteiger partial charge in [-0.25, -0.2) is 13.8 Å². The van der Waals surface area contributed by atoms with Crippen molar-refractivity contribution in [2.75, 3.05) is 33.4 Å². The highest BCUT2D eigenvalue weighted by Crippen LogP contribution is 2.27. The van der Waals surface area contributed by atoms with Crippen LogP contribution in [0.4, 0.5) is 8.78 Å². The van der Waals surface area contributed by atoms with Crippen LogP contribution in [0.2, 0.25) is 5.02 Å². The quantitative estimate of drug-likeness (QED) is 0.486. The summed E-state index contributed by atoms with van der Waals surface area (Å²) in [5.41, 5.74) is 1.20. The number of rotatable bonds is 8. The molecule has 2 unspecified atom stereocenters.